The summed E-state index contributed by atoms with van der Waals surface area (Å²) in [4.78, 5) is 11.5. The smallest absolute Gasteiger partial charge is 0.253 e. The minimum absolute atomic E-state index is 0.158. The van der Waals surface area contributed by atoms with Crippen molar-refractivity contribution in [1.29, 1.82) is 0 Å². The molecule has 0 aliphatic carbocycles. The predicted octanol–water partition coefficient (Wildman–Crippen LogP) is 2.77. The average Bonchev–Trinajstić information content (AvgIpc) is 2.23. The van der Waals surface area contributed by atoms with E-state index in [0.29, 0.717) is 0 Å². The first-order chi connectivity index (χ1) is 6.69. The summed E-state index contributed by atoms with van der Waals surface area (Å²) in [7, 11) is 0. The molecule has 1 aromatic rings. The van der Waals surface area contributed by atoms with Crippen LogP contribution in [0.3, 0.4) is 0 Å². The zero-order chi connectivity index (χ0) is 11.1. The van der Waals surface area contributed by atoms with Crippen LogP contribution in [-0.2, 0) is 13.0 Å². The lowest BCUT2D eigenvalue weighted by molar-refractivity contribution is 0.711. The van der Waals surface area contributed by atoms with Crippen LogP contribution < -0.4 is 5.56 Å². The summed E-state index contributed by atoms with van der Waals surface area (Å²) in [5.41, 5.74) is 2.23. The molecule has 2 nitrogen and oxygen atoms in total. The molecule has 0 unspecified atom stereocenters. The van der Waals surface area contributed by atoms with Gasteiger partial charge in [-0.05, 0) is 31.9 Å². The van der Waals surface area contributed by atoms with Gasteiger partial charge in [-0.15, -0.1) is 0 Å². The van der Waals surface area contributed by atoms with Crippen LogP contribution in [0.25, 0.3) is 0 Å². The molecule has 0 N–H and O–H groups in total. The van der Waals surface area contributed by atoms with Crippen LogP contribution in [0.1, 0.15) is 38.8 Å². The summed E-state index contributed by atoms with van der Waals surface area (Å²) in [5.74, 6) is 0. The molecule has 80 valence electrons. The van der Waals surface area contributed by atoms with Crippen molar-refractivity contribution in [1.82, 2.24) is 4.57 Å². The fraction of sp³-hybridized carbons (Fsp3) is 0.583. The van der Waals surface area contributed by atoms with Gasteiger partial charge in [0.25, 0.3) is 5.56 Å². The first kappa shape index (κ1) is 12.9. The lowest BCUT2D eigenvalue weighted by Crippen LogP contribution is -2.22. The Morgan fingerprint density at radius 1 is 1.29 bits per heavy atom. The monoisotopic (exact) mass is 195 g/mol. The number of nitrogens with zero attached hydrogens (tertiary/aromatic N) is 1. The molecule has 1 rings (SSSR count). The Morgan fingerprint density at radius 3 is 2.29 bits per heavy atom. The van der Waals surface area contributed by atoms with Gasteiger partial charge in [-0.3, -0.25) is 4.79 Å². The molecule has 2 heteroatoms. The molecule has 0 amide bonds. The second-order valence-corrected chi connectivity index (χ2v) is 2.99. The van der Waals surface area contributed by atoms with E-state index < -0.39 is 0 Å². The van der Waals surface area contributed by atoms with E-state index in [0.717, 1.165) is 24.1 Å². The number of rotatable bonds is 2. The Bertz CT molecular complexity index is 297. The highest BCUT2D eigenvalue weighted by Gasteiger charge is 2.00. The van der Waals surface area contributed by atoms with Crippen LogP contribution in [0.4, 0.5) is 0 Å². The zero-order valence-electron chi connectivity index (χ0n) is 9.92. The van der Waals surface area contributed by atoms with Crippen LogP contribution in [0, 0.1) is 6.92 Å². The molecular formula is C12H21NO. The van der Waals surface area contributed by atoms with Gasteiger partial charge >= 0.3 is 0 Å². The van der Waals surface area contributed by atoms with Crippen molar-refractivity contribution >= 4 is 0 Å². The molecule has 0 aliphatic heterocycles. The summed E-state index contributed by atoms with van der Waals surface area (Å²) in [6, 6.07) is 1.97. The van der Waals surface area contributed by atoms with Crippen molar-refractivity contribution in [2.24, 2.45) is 0 Å². The Hall–Kier alpha value is -1.05. The number of hydrogen-bond donors (Lipinski definition) is 0. The fourth-order valence-electron chi connectivity index (χ4n) is 1.35. The maximum atomic E-state index is 11.5. The van der Waals surface area contributed by atoms with Crippen molar-refractivity contribution < 1.29 is 0 Å². The number of pyridine rings is 1. The molecule has 0 saturated heterocycles. The van der Waals surface area contributed by atoms with Crippen LogP contribution in [0.2, 0.25) is 0 Å². The zero-order valence-corrected chi connectivity index (χ0v) is 9.92. The highest BCUT2D eigenvalue weighted by atomic mass is 16.1. The van der Waals surface area contributed by atoms with Gasteiger partial charge in [-0.2, -0.15) is 0 Å². The van der Waals surface area contributed by atoms with Crippen LogP contribution in [0.15, 0.2) is 17.1 Å². The largest absolute Gasteiger partial charge is 0.315 e. The average molecular weight is 195 g/mol. The molecule has 0 saturated carbocycles. The third-order valence-electron chi connectivity index (χ3n) is 2.02. The molecule has 0 fully saturated rings. The Balaban J connectivity index is 0.000000791. The highest BCUT2D eigenvalue weighted by molar-refractivity contribution is 5.17. The van der Waals surface area contributed by atoms with E-state index in [2.05, 4.69) is 0 Å². The summed E-state index contributed by atoms with van der Waals surface area (Å²) < 4.78 is 1.76. The van der Waals surface area contributed by atoms with E-state index in [4.69, 9.17) is 0 Å². The maximum Gasteiger partial charge on any atom is 0.253 e. The SMILES string of the molecule is CC.CCc1cc(C)cn(CC)c1=O. The molecule has 14 heavy (non-hydrogen) atoms. The van der Waals surface area contributed by atoms with Gasteiger partial charge in [-0.1, -0.05) is 20.8 Å². The highest BCUT2D eigenvalue weighted by Crippen LogP contribution is 1.99. The normalized spacial score (nSPS) is 9.21. The number of aromatic nitrogens is 1. The molecule has 0 radical (unpaired) electrons. The van der Waals surface area contributed by atoms with E-state index >= 15 is 0 Å². The Kier molecular flexibility index (Phi) is 5.93. The van der Waals surface area contributed by atoms with Crippen molar-refractivity contribution in [2.75, 3.05) is 0 Å². The predicted molar refractivity (Wildman–Crippen MR) is 61.8 cm³/mol. The van der Waals surface area contributed by atoms with E-state index in [9.17, 15) is 4.79 Å². The molecule has 0 bridgehead atoms. The van der Waals surface area contributed by atoms with E-state index in [-0.39, 0.29) is 5.56 Å². The second kappa shape index (κ2) is 6.41. The Labute approximate surface area is 86.6 Å². The maximum absolute atomic E-state index is 11.5. The van der Waals surface area contributed by atoms with Gasteiger partial charge in [-0.25, -0.2) is 0 Å². The van der Waals surface area contributed by atoms with E-state index in [1.165, 1.54) is 0 Å². The summed E-state index contributed by atoms with van der Waals surface area (Å²) >= 11 is 0. The lowest BCUT2D eigenvalue weighted by Gasteiger charge is -2.05. The Morgan fingerprint density at radius 2 is 1.86 bits per heavy atom. The first-order valence-corrected chi connectivity index (χ1v) is 5.39. The van der Waals surface area contributed by atoms with Crippen molar-refractivity contribution in [3.63, 3.8) is 0 Å². The molecule has 0 atom stereocenters. The molecule has 1 aromatic heterocycles. The molecule has 0 spiro atoms. The summed E-state index contributed by atoms with van der Waals surface area (Å²) in [5, 5.41) is 0. The van der Waals surface area contributed by atoms with Gasteiger partial charge in [0.1, 0.15) is 0 Å². The summed E-state index contributed by atoms with van der Waals surface area (Å²) in [6.07, 6.45) is 2.72. The molecule has 0 aliphatic rings. The first-order valence-electron chi connectivity index (χ1n) is 5.39. The topological polar surface area (TPSA) is 22.0 Å². The minimum Gasteiger partial charge on any atom is -0.315 e. The molecule has 1 heterocycles. The van der Waals surface area contributed by atoms with E-state index in [1.807, 2.05) is 46.9 Å². The number of aryl methyl sites for hydroxylation is 3. The quantitative estimate of drug-likeness (QED) is 0.711. The van der Waals surface area contributed by atoms with Crippen LogP contribution in [0.5, 0.6) is 0 Å². The molecular weight excluding hydrogens is 174 g/mol. The van der Waals surface area contributed by atoms with Crippen molar-refractivity contribution in [3.05, 3.63) is 33.7 Å². The van der Waals surface area contributed by atoms with Crippen molar-refractivity contribution in [3.8, 4) is 0 Å². The second-order valence-electron chi connectivity index (χ2n) is 2.99. The van der Waals surface area contributed by atoms with Gasteiger partial charge in [0.2, 0.25) is 0 Å². The van der Waals surface area contributed by atoms with Gasteiger partial charge in [0.05, 0.1) is 0 Å². The van der Waals surface area contributed by atoms with Crippen LogP contribution >= 0.6 is 0 Å². The third-order valence-corrected chi connectivity index (χ3v) is 2.02. The third kappa shape index (κ3) is 3.02. The van der Waals surface area contributed by atoms with Gasteiger partial charge < -0.3 is 4.57 Å². The fourth-order valence-corrected chi connectivity index (χ4v) is 1.35. The minimum atomic E-state index is 0.158. The standard InChI is InChI=1S/C10H15NO.C2H6/c1-4-9-6-8(3)7-11(5-2)10(9)12;1-2/h6-7H,4-5H2,1-3H3;1-2H3. The van der Waals surface area contributed by atoms with E-state index in [1.54, 1.807) is 4.57 Å². The summed E-state index contributed by atoms with van der Waals surface area (Å²) in [6.45, 7) is 10.8. The van der Waals surface area contributed by atoms with Gasteiger partial charge in [0.15, 0.2) is 0 Å². The number of hydrogen-bond acceptors (Lipinski definition) is 1. The lowest BCUT2D eigenvalue weighted by atomic mass is 10.2. The van der Waals surface area contributed by atoms with Crippen molar-refractivity contribution in [2.45, 2.75) is 47.6 Å². The van der Waals surface area contributed by atoms with Crippen LogP contribution in [-0.4, -0.2) is 4.57 Å². The van der Waals surface area contributed by atoms with Gasteiger partial charge in [0, 0.05) is 18.3 Å². The molecule has 0 aromatic carbocycles.